The van der Waals surface area contributed by atoms with Crippen molar-refractivity contribution in [1.82, 2.24) is 15.2 Å². The molecule has 0 saturated carbocycles. The van der Waals surface area contributed by atoms with Gasteiger partial charge in [0.2, 0.25) is 5.91 Å². The van der Waals surface area contributed by atoms with E-state index in [1.165, 1.54) is 11.6 Å². The Hall–Kier alpha value is -3.05. The Balaban J connectivity index is 1.57. The molecule has 4 rings (SSSR count). The van der Waals surface area contributed by atoms with Gasteiger partial charge >= 0.3 is 0 Å². The van der Waals surface area contributed by atoms with Crippen molar-refractivity contribution in [2.75, 3.05) is 19.6 Å². The predicted octanol–water partition coefficient (Wildman–Crippen LogP) is 5.24. The highest BCUT2D eigenvalue weighted by molar-refractivity contribution is 5.83. The fourth-order valence-electron chi connectivity index (χ4n) is 4.78. The number of nitrogens with zero attached hydrogens (tertiary/aromatic N) is 2. The van der Waals surface area contributed by atoms with E-state index < -0.39 is 5.41 Å². The van der Waals surface area contributed by atoms with Crippen LogP contribution in [0.3, 0.4) is 0 Å². The minimum Gasteiger partial charge on any atom is -0.356 e. The van der Waals surface area contributed by atoms with E-state index in [9.17, 15) is 9.18 Å². The maximum Gasteiger partial charge on any atom is 0.226 e. The summed E-state index contributed by atoms with van der Waals surface area (Å²) >= 11 is 0. The van der Waals surface area contributed by atoms with Crippen LogP contribution >= 0.6 is 0 Å². The molecule has 0 bridgehead atoms. The van der Waals surface area contributed by atoms with E-state index in [-0.39, 0.29) is 11.7 Å². The summed E-state index contributed by atoms with van der Waals surface area (Å²) in [5, 5.41) is 3.17. The van der Waals surface area contributed by atoms with Gasteiger partial charge in [-0.05, 0) is 79.2 Å². The van der Waals surface area contributed by atoms with Gasteiger partial charge in [0.15, 0.2) is 0 Å². The molecule has 0 radical (unpaired) electrons. The van der Waals surface area contributed by atoms with E-state index in [2.05, 4.69) is 34.3 Å². The highest BCUT2D eigenvalue weighted by Gasteiger charge is 2.41. The number of pyridine rings is 1. The summed E-state index contributed by atoms with van der Waals surface area (Å²) in [5.41, 5.74) is 3.66. The molecular formula is C28H32FN3O. The molecule has 172 valence electrons. The lowest BCUT2D eigenvalue weighted by Crippen LogP contribution is -2.50. The van der Waals surface area contributed by atoms with E-state index in [0.29, 0.717) is 13.0 Å². The number of carbonyl (C=O) groups excluding carboxylic acids is 1. The number of halogens is 1. The number of likely N-dealkylation sites (tertiary alicyclic amines) is 1. The largest absolute Gasteiger partial charge is 0.356 e. The lowest BCUT2D eigenvalue weighted by Gasteiger charge is -2.41. The minimum absolute atomic E-state index is 0.138. The number of amides is 1. The molecule has 5 heteroatoms. The molecule has 2 heterocycles. The second-order valence-electron chi connectivity index (χ2n) is 9.02. The topological polar surface area (TPSA) is 45.2 Å². The first-order valence-corrected chi connectivity index (χ1v) is 11.8. The predicted molar refractivity (Wildman–Crippen MR) is 130 cm³/mol. The van der Waals surface area contributed by atoms with Crippen LogP contribution in [0.1, 0.15) is 37.3 Å². The standard InChI is InChI=1S/C28H32FN3O/c1-2-14-31-27(33)28(12-16-32(17-13-28)21-22-7-6-15-30-20-22)19-24-8-3-4-11-26(24)23-9-5-10-25(29)18-23/h3-11,15,18,20H,2,12-14,16-17,19,21H2,1H3,(H,31,33). The van der Waals surface area contributed by atoms with E-state index in [4.69, 9.17) is 0 Å². The van der Waals surface area contributed by atoms with Gasteiger partial charge in [-0.3, -0.25) is 14.7 Å². The highest BCUT2D eigenvalue weighted by atomic mass is 19.1. The molecule has 1 amide bonds. The van der Waals surface area contributed by atoms with Crippen LogP contribution in [0.5, 0.6) is 0 Å². The smallest absolute Gasteiger partial charge is 0.226 e. The molecule has 1 aliphatic heterocycles. The Kier molecular flexibility index (Phi) is 7.50. The quantitative estimate of drug-likeness (QED) is 0.516. The third-order valence-corrected chi connectivity index (χ3v) is 6.64. The van der Waals surface area contributed by atoms with Gasteiger partial charge < -0.3 is 5.32 Å². The van der Waals surface area contributed by atoms with Crippen LogP contribution in [0.4, 0.5) is 4.39 Å². The number of benzene rings is 2. The van der Waals surface area contributed by atoms with E-state index >= 15 is 0 Å². The van der Waals surface area contributed by atoms with E-state index in [1.807, 2.05) is 36.5 Å². The van der Waals surface area contributed by atoms with Crippen molar-refractivity contribution in [3.8, 4) is 11.1 Å². The number of rotatable bonds is 8. The van der Waals surface area contributed by atoms with Gasteiger partial charge in [-0.15, -0.1) is 0 Å². The summed E-state index contributed by atoms with van der Waals surface area (Å²) in [6.45, 7) is 5.32. The zero-order chi connectivity index (χ0) is 23.1. The van der Waals surface area contributed by atoms with Gasteiger partial charge in [-0.2, -0.15) is 0 Å². The summed E-state index contributed by atoms with van der Waals surface area (Å²) < 4.78 is 13.9. The molecule has 0 atom stereocenters. The first-order chi connectivity index (χ1) is 16.1. The van der Waals surface area contributed by atoms with Crippen LogP contribution in [-0.4, -0.2) is 35.4 Å². The lowest BCUT2D eigenvalue weighted by molar-refractivity contribution is -0.134. The van der Waals surface area contributed by atoms with Gasteiger partial charge in [0.05, 0.1) is 5.41 Å². The van der Waals surface area contributed by atoms with Gasteiger partial charge in [-0.1, -0.05) is 49.4 Å². The molecule has 0 spiro atoms. The number of hydrogen-bond acceptors (Lipinski definition) is 3. The van der Waals surface area contributed by atoms with Crippen LogP contribution in [0.25, 0.3) is 11.1 Å². The molecular weight excluding hydrogens is 413 g/mol. The molecule has 1 N–H and O–H groups in total. The highest BCUT2D eigenvalue weighted by Crippen LogP contribution is 2.38. The number of piperidine rings is 1. The van der Waals surface area contributed by atoms with Crippen molar-refractivity contribution in [2.45, 2.75) is 39.2 Å². The van der Waals surface area contributed by atoms with Crippen LogP contribution in [0.2, 0.25) is 0 Å². The molecule has 33 heavy (non-hydrogen) atoms. The molecule has 0 aliphatic carbocycles. The summed E-state index contributed by atoms with van der Waals surface area (Å²) in [5.74, 6) is -0.110. The maximum absolute atomic E-state index is 13.9. The van der Waals surface area contributed by atoms with Gasteiger partial charge in [-0.25, -0.2) is 4.39 Å². The Labute approximate surface area is 195 Å². The molecule has 1 fully saturated rings. The van der Waals surface area contributed by atoms with Crippen LogP contribution in [-0.2, 0) is 17.8 Å². The second kappa shape index (κ2) is 10.7. The number of nitrogens with one attached hydrogen (secondary N) is 1. The van der Waals surface area contributed by atoms with Crippen molar-refractivity contribution in [1.29, 1.82) is 0 Å². The van der Waals surface area contributed by atoms with Crippen LogP contribution in [0, 0.1) is 11.2 Å². The molecule has 0 unspecified atom stereocenters. The first-order valence-electron chi connectivity index (χ1n) is 11.8. The Morgan fingerprint density at radius 1 is 1.09 bits per heavy atom. The lowest BCUT2D eigenvalue weighted by atomic mass is 9.72. The van der Waals surface area contributed by atoms with Gasteiger partial charge in [0.25, 0.3) is 0 Å². The maximum atomic E-state index is 13.9. The SMILES string of the molecule is CCCNC(=O)C1(Cc2ccccc2-c2cccc(F)c2)CCN(Cc2cccnc2)CC1. The van der Waals surface area contributed by atoms with Crippen molar-refractivity contribution >= 4 is 5.91 Å². The Morgan fingerprint density at radius 2 is 1.91 bits per heavy atom. The summed E-state index contributed by atoms with van der Waals surface area (Å²) in [7, 11) is 0. The second-order valence-corrected chi connectivity index (χ2v) is 9.02. The fourth-order valence-corrected chi connectivity index (χ4v) is 4.78. The number of aromatic nitrogens is 1. The summed E-state index contributed by atoms with van der Waals surface area (Å²) in [6.07, 6.45) is 6.84. The van der Waals surface area contributed by atoms with E-state index in [0.717, 1.165) is 55.6 Å². The molecule has 2 aromatic carbocycles. The zero-order valence-electron chi connectivity index (χ0n) is 19.3. The third kappa shape index (κ3) is 5.66. The minimum atomic E-state index is -0.468. The van der Waals surface area contributed by atoms with E-state index in [1.54, 1.807) is 18.3 Å². The average molecular weight is 446 g/mol. The monoisotopic (exact) mass is 445 g/mol. The number of hydrogen-bond donors (Lipinski definition) is 1. The Bertz CT molecular complexity index is 1060. The summed E-state index contributed by atoms with van der Waals surface area (Å²) in [6, 6.07) is 18.9. The molecule has 1 aliphatic rings. The van der Waals surface area contributed by atoms with Crippen molar-refractivity contribution < 1.29 is 9.18 Å². The van der Waals surface area contributed by atoms with Gasteiger partial charge in [0, 0.05) is 25.5 Å². The van der Waals surface area contributed by atoms with Crippen molar-refractivity contribution in [3.63, 3.8) is 0 Å². The fraction of sp³-hybridized carbons (Fsp3) is 0.357. The van der Waals surface area contributed by atoms with Crippen molar-refractivity contribution in [2.24, 2.45) is 5.41 Å². The normalized spacial score (nSPS) is 15.8. The zero-order valence-corrected chi connectivity index (χ0v) is 19.3. The van der Waals surface area contributed by atoms with Crippen molar-refractivity contribution in [3.05, 3.63) is 90.0 Å². The molecule has 1 saturated heterocycles. The van der Waals surface area contributed by atoms with Crippen LogP contribution in [0.15, 0.2) is 73.1 Å². The summed E-state index contributed by atoms with van der Waals surface area (Å²) in [4.78, 5) is 20.1. The number of carbonyl (C=O) groups is 1. The van der Waals surface area contributed by atoms with Gasteiger partial charge in [0.1, 0.15) is 5.82 Å². The Morgan fingerprint density at radius 3 is 2.64 bits per heavy atom. The van der Waals surface area contributed by atoms with Crippen LogP contribution < -0.4 is 5.32 Å². The average Bonchev–Trinajstić information content (AvgIpc) is 2.85. The first kappa shape index (κ1) is 23.1. The molecule has 3 aromatic rings. The molecule has 1 aromatic heterocycles. The third-order valence-electron chi connectivity index (χ3n) is 6.64. The molecule has 4 nitrogen and oxygen atoms in total.